The summed E-state index contributed by atoms with van der Waals surface area (Å²) >= 11 is 0. The number of hydrogen-bond donors (Lipinski definition) is 8. The highest BCUT2D eigenvalue weighted by Crippen LogP contribution is 2.11. The lowest BCUT2D eigenvalue weighted by atomic mass is 10.0. The van der Waals surface area contributed by atoms with Crippen LogP contribution in [-0.4, -0.2) is 71.1 Å². The molecular weight excluding hydrogens is 458 g/mol. The van der Waals surface area contributed by atoms with Crippen LogP contribution in [0.3, 0.4) is 0 Å². The average molecular weight is 494 g/mol. The molecule has 13 nitrogen and oxygen atoms in total. The van der Waals surface area contributed by atoms with E-state index in [1.165, 1.54) is 12.1 Å². The Bertz CT molecular complexity index is 900. The summed E-state index contributed by atoms with van der Waals surface area (Å²) in [6, 6.07) is 3.21. The van der Waals surface area contributed by atoms with Gasteiger partial charge in [-0.15, -0.1) is 0 Å². The van der Waals surface area contributed by atoms with E-state index >= 15 is 0 Å². The van der Waals surface area contributed by atoms with Gasteiger partial charge in [0.05, 0.1) is 6.04 Å². The van der Waals surface area contributed by atoms with Crippen molar-refractivity contribution in [1.82, 2.24) is 16.0 Å². The van der Waals surface area contributed by atoms with Crippen molar-refractivity contribution in [2.45, 2.75) is 51.2 Å². The lowest BCUT2D eigenvalue weighted by molar-refractivity contribution is -0.138. The second-order valence-electron chi connectivity index (χ2n) is 8.33. The van der Waals surface area contributed by atoms with Crippen LogP contribution < -0.4 is 33.2 Å². The number of hydrogen-bond acceptors (Lipinski definition) is 7. The maximum Gasteiger partial charge on any atom is 0.322 e. The van der Waals surface area contributed by atoms with E-state index in [0.717, 1.165) is 5.56 Å². The van der Waals surface area contributed by atoms with E-state index < -0.39 is 48.4 Å². The molecule has 0 fully saturated rings. The monoisotopic (exact) mass is 493 g/mol. The summed E-state index contributed by atoms with van der Waals surface area (Å²) < 4.78 is 0. The van der Waals surface area contributed by atoms with Crippen LogP contribution in [0.4, 0.5) is 0 Å². The summed E-state index contributed by atoms with van der Waals surface area (Å²) in [5.41, 5.74) is 17.3. The van der Waals surface area contributed by atoms with E-state index in [9.17, 15) is 24.3 Å². The molecule has 0 heterocycles. The fourth-order valence-corrected chi connectivity index (χ4v) is 3.09. The molecule has 3 amide bonds. The van der Waals surface area contributed by atoms with E-state index in [2.05, 4.69) is 20.9 Å². The van der Waals surface area contributed by atoms with E-state index in [4.69, 9.17) is 22.3 Å². The molecule has 0 saturated carbocycles. The molecule has 11 N–H and O–H groups in total. The summed E-state index contributed by atoms with van der Waals surface area (Å²) in [5, 5.41) is 25.6. The Morgan fingerprint density at radius 2 is 1.63 bits per heavy atom. The zero-order chi connectivity index (χ0) is 26.5. The minimum Gasteiger partial charge on any atom is -0.508 e. The van der Waals surface area contributed by atoms with Gasteiger partial charge in [0.2, 0.25) is 17.7 Å². The predicted molar refractivity (Wildman–Crippen MR) is 129 cm³/mol. The molecule has 3 unspecified atom stereocenters. The average Bonchev–Trinajstić information content (AvgIpc) is 2.78. The zero-order valence-corrected chi connectivity index (χ0v) is 19.9. The number of aliphatic carboxylic acids is 1. The molecule has 35 heavy (non-hydrogen) atoms. The van der Waals surface area contributed by atoms with Crippen molar-refractivity contribution in [1.29, 1.82) is 0 Å². The third kappa shape index (κ3) is 11.2. The number of nitrogens with one attached hydrogen (secondary N) is 3. The van der Waals surface area contributed by atoms with Crippen molar-refractivity contribution >= 4 is 29.7 Å². The lowest BCUT2D eigenvalue weighted by Gasteiger charge is -2.26. The summed E-state index contributed by atoms with van der Waals surface area (Å²) in [7, 11) is 0. The van der Waals surface area contributed by atoms with Gasteiger partial charge in [0.25, 0.3) is 0 Å². The highest BCUT2D eigenvalue weighted by molar-refractivity contribution is 5.93. The molecule has 3 atom stereocenters. The number of carbonyl (C=O) groups is 4. The van der Waals surface area contributed by atoms with E-state index in [0.29, 0.717) is 6.42 Å². The highest BCUT2D eigenvalue weighted by Gasteiger charge is 2.30. The molecule has 0 aliphatic heterocycles. The Balaban J connectivity index is 2.85. The lowest BCUT2D eigenvalue weighted by Crippen LogP contribution is -2.57. The molecule has 1 rings (SSSR count). The van der Waals surface area contributed by atoms with Gasteiger partial charge in [-0.3, -0.25) is 24.2 Å². The van der Waals surface area contributed by atoms with Gasteiger partial charge in [-0.2, -0.15) is 0 Å². The van der Waals surface area contributed by atoms with Gasteiger partial charge >= 0.3 is 5.97 Å². The molecule has 0 aliphatic rings. The van der Waals surface area contributed by atoms with E-state index in [1.54, 1.807) is 26.0 Å². The molecule has 1 aromatic carbocycles. The number of aliphatic imine (C=N–C) groups is 1. The zero-order valence-electron chi connectivity index (χ0n) is 19.9. The van der Waals surface area contributed by atoms with Crippen molar-refractivity contribution < 1.29 is 29.4 Å². The fraction of sp³-hybridized carbons (Fsp3) is 0.500. The number of carboxylic acids is 1. The summed E-state index contributed by atoms with van der Waals surface area (Å²) in [6.07, 6.45) is 0.649. The van der Waals surface area contributed by atoms with Crippen LogP contribution in [-0.2, 0) is 25.6 Å². The van der Waals surface area contributed by atoms with Crippen LogP contribution >= 0.6 is 0 Å². The number of amides is 3. The molecule has 0 radical (unpaired) electrons. The van der Waals surface area contributed by atoms with Crippen molar-refractivity contribution in [2.24, 2.45) is 28.1 Å². The van der Waals surface area contributed by atoms with Gasteiger partial charge in [0, 0.05) is 6.54 Å². The minimum atomic E-state index is -1.24. The van der Waals surface area contributed by atoms with Crippen molar-refractivity contribution in [2.75, 3.05) is 13.1 Å². The molecule has 13 heteroatoms. The van der Waals surface area contributed by atoms with Crippen LogP contribution in [0, 0.1) is 5.92 Å². The Morgan fingerprint density at radius 3 is 2.17 bits per heavy atom. The van der Waals surface area contributed by atoms with Crippen LogP contribution in [0.1, 0.15) is 32.3 Å². The predicted octanol–water partition coefficient (Wildman–Crippen LogP) is -1.86. The minimum absolute atomic E-state index is 0.0866. The molecule has 0 aliphatic carbocycles. The van der Waals surface area contributed by atoms with Gasteiger partial charge in [-0.05, 0) is 42.9 Å². The maximum absolute atomic E-state index is 13.0. The summed E-state index contributed by atoms with van der Waals surface area (Å²) in [5.74, 6) is -3.49. The van der Waals surface area contributed by atoms with Gasteiger partial charge in [0.15, 0.2) is 5.96 Å². The first kappa shape index (κ1) is 29.2. The van der Waals surface area contributed by atoms with E-state index in [1.807, 2.05) is 0 Å². The number of guanidine groups is 1. The second-order valence-corrected chi connectivity index (χ2v) is 8.33. The SMILES string of the molecule is CC(C)C(NC(=O)C(N)Cc1ccc(O)cc1)C(=O)NC(CCCN=C(N)N)C(=O)NCC(=O)O. The first-order valence-electron chi connectivity index (χ1n) is 11.1. The summed E-state index contributed by atoms with van der Waals surface area (Å²) in [6.45, 7) is 3.02. The van der Waals surface area contributed by atoms with Gasteiger partial charge < -0.3 is 43.4 Å². The van der Waals surface area contributed by atoms with Gasteiger partial charge in [-0.25, -0.2) is 0 Å². The quantitative estimate of drug-likeness (QED) is 0.0823. The first-order valence-corrected chi connectivity index (χ1v) is 11.1. The molecule has 0 saturated heterocycles. The number of carbonyl (C=O) groups excluding carboxylic acids is 3. The van der Waals surface area contributed by atoms with Crippen molar-refractivity contribution in [3.8, 4) is 5.75 Å². The number of phenolic OH excluding ortho intramolecular Hbond substituents is 1. The van der Waals surface area contributed by atoms with Gasteiger partial charge in [-0.1, -0.05) is 26.0 Å². The Labute approximate surface area is 203 Å². The van der Waals surface area contributed by atoms with Crippen LogP contribution in [0.25, 0.3) is 0 Å². The number of nitrogens with zero attached hydrogens (tertiary/aromatic N) is 1. The Kier molecular flexibility index (Phi) is 12.0. The number of phenols is 1. The molecule has 1 aromatic rings. The fourth-order valence-electron chi connectivity index (χ4n) is 3.09. The highest BCUT2D eigenvalue weighted by atomic mass is 16.4. The standard InChI is InChI=1S/C22H35N7O6/c1-12(2)18(29-19(33)15(23)10-13-5-7-14(30)8-6-13)21(35)28-16(4-3-9-26-22(24)25)20(34)27-11-17(31)32/h5-8,12,15-16,18,30H,3-4,9-11,23H2,1-2H3,(H,27,34)(H,28,35)(H,29,33)(H,31,32)(H4,24,25,26). The van der Waals surface area contributed by atoms with Crippen molar-refractivity contribution in [3.63, 3.8) is 0 Å². The largest absolute Gasteiger partial charge is 0.508 e. The first-order chi connectivity index (χ1) is 16.4. The van der Waals surface area contributed by atoms with Crippen LogP contribution in [0.15, 0.2) is 29.3 Å². The molecule has 194 valence electrons. The summed E-state index contributed by atoms with van der Waals surface area (Å²) in [4.78, 5) is 52.7. The topological polar surface area (TPSA) is 235 Å². The number of benzene rings is 1. The molecule has 0 aromatic heterocycles. The maximum atomic E-state index is 13.0. The Hall–Kier alpha value is -3.87. The van der Waals surface area contributed by atoms with Gasteiger partial charge in [0.1, 0.15) is 24.4 Å². The number of rotatable bonds is 14. The normalized spacial score (nSPS) is 13.3. The van der Waals surface area contributed by atoms with Crippen molar-refractivity contribution in [3.05, 3.63) is 29.8 Å². The number of nitrogens with two attached hydrogens (primary N) is 3. The smallest absolute Gasteiger partial charge is 0.322 e. The molecule has 0 spiro atoms. The Morgan fingerprint density at radius 1 is 1.00 bits per heavy atom. The second kappa shape index (κ2) is 14.4. The van der Waals surface area contributed by atoms with E-state index in [-0.39, 0.29) is 37.0 Å². The van der Waals surface area contributed by atoms with Crippen LogP contribution in [0.2, 0.25) is 0 Å². The number of carboxylic acid groups (broad SMARTS) is 1. The third-order valence-corrected chi connectivity index (χ3v) is 4.97. The van der Waals surface area contributed by atoms with Crippen LogP contribution in [0.5, 0.6) is 5.75 Å². The molecular formula is C22H35N7O6. The molecule has 0 bridgehead atoms. The third-order valence-electron chi connectivity index (χ3n) is 4.97. The number of aromatic hydroxyl groups is 1.